The van der Waals surface area contributed by atoms with Crippen molar-refractivity contribution in [1.29, 1.82) is 0 Å². The third-order valence-corrected chi connectivity index (χ3v) is 3.48. The van der Waals surface area contributed by atoms with Crippen LogP contribution in [0.1, 0.15) is 23.6 Å². The highest BCUT2D eigenvalue weighted by molar-refractivity contribution is 7.86. The zero-order valence-electron chi connectivity index (χ0n) is 9.06. The molecule has 0 fully saturated rings. The molecule has 0 saturated heterocycles. The fourth-order valence-electron chi connectivity index (χ4n) is 1.74. The minimum absolute atomic E-state index is 0.131. The van der Waals surface area contributed by atoms with Crippen molar-refractivity contribution in [2.24, 2.45) is 0 Å². The summed E-state index contributed by atoms with van der Waals surface area (Å²) in [6.45, 7) is 2.77. The largest absolute Gasteiger partial charge is 0.507 e. The molecule has 0 aromatic heterocycles. The molecule has 1 aromatic carbocycles. The van der Waals surface area contributed by atoms with E-state index in [0.29, 0.717) is 5.56 Å². The van der Waals surface area contributed by atoms with Crippen molar-refractivity contribution in [3.63, 3.8) is 0 Å². The second-order valence-corrected chi connectivity index (χ2v) is 4.85. The van der Waals surface area contributed by atoms with Crippen LogP contribution in [-0.2, 0) is 23.1 Å². The molecule has 16 heavy (non-hydrogen) atoms. The number of rotatable bonds is 3. The normalized spacial score (nSPS) is 11.8. The van der Waals surface area contributed by atoms with Gasteiger partial charge >= 0.3 is 0 Å². The molecule has 0 atom stereocenters. The molecule has 90 valence electrons. The molecule has 3 N–H and O–H groups in total. The number of phenols is 1. The van der Waals surface area contributed by atoms with Gasteiger partial charge in [-0.2, -0.15) is 8.42 Å². The van der Waals surface area contributed by atoms with Crippen LogP contribution >= 0.6 is 0 Å². The van der Waals surface area contributed by atoms with Gasteiger partial charge in [0.05, 0.1) is 6.61 Å². The van der Waals surface area contributed by atoms with Crippen LogP contribution in [0, 0.1) is 6.92 Å². The second-order valence-electron chi connectivity index (χ2n) is 3.50. The molecule has 0 amide bonds. The Morgan fingerprint density at radius 2 is 1.94 bits per heavy atom. The lowest BCUT2D eigenvalue weighted by Gasteiger charge is -2.13. The van der Waals surface area contributed by atoms with Crippen LogP contribution in [0.15, 0.2) is 11.0 Å². The topological polar surface area (TPSA) is 94.8 Å². The molecule has 0 spiro atoms. The van der Waals surface area contributed by atoms with Crippen LogP contribution in [0.3, 0.4) is 0 Å². The average Bonchev–Trinajstić information content (AvgIpc) is 2.18. The number of benzene rings is 1. The Kier molecular flexibility index (Phi) is 3.57. The fourth-order valence-corrected chi connectivity index (χ4v) is 2.76. The Hall–Kier alpha value is -1.11. The molecule has 0 saturated carbocycles. The summed E-state index contributed by atoms with van der Waals surface area (Å²) in [4.78, 5) is -0.273. The van der Waals surface area contributed by atoms with E-state index in [0.717, 1.165) is 0 Å². The zero-order chi connectivity index (χ0) is 12.5. The van der Waals surface area contributed by atoms with Crippen LogP contribution in [0.4, 0.5) is 0 Å². The molecule has 1 aromatic rings. The maximum Gasteiger partial charge on any atom is 0.295 e. The van der Waals surface area contributed by atoms with E-state index in [4.69, 9.17) is 9.66 Å². The van der Waals surface area contributed by atoms with Gasteiger partial charge in [-0.1, -0.05) is 6.92 Å². The first-order valence-electron chi connectivity index (χ1n) is 4.75. The quantitative estimate of drug-likeness (QED) is 0.692. The first-order valence-corrected chi connectivity index (χ1v) is 6.19. The maximum absolute atomic E-state index is 11.2. The van der Waals surface area contributed by atoms with Crippen LogP contribution in [0.5, 0.6) is 5.75 Å². The van der Waals surface area contributed by atoms with Gasteiger partial charge in [0.25, 0.3) is 10.1 Å². The second kappa shape index (κ2) is 4.40. The first-order chi connectivity index (χ1) is 7.32. The summed E-state index contributed by atoms with van der Waals surface area (Å²) in [6, 6.07) is 1.34. The van der Waals surface area contributed by atoms with Crippen molar-refractivity contribution in [2.45, 2.75) is 31.8 Å². The molecule has 0 unspecified atom stereocenters. The minimum Gasteiger partial charge on any atom is -0.507 e. The van der Waals surface area contributed by atoms with Gasteiger partial charge in [0.1, 0.15) is 10.6 Å². The molecular formula is C10H14O5S. The summed E-state index contributed by atoms with van der Waals surface area (Å²) in [5.41, 5.74) is 0.689. The van der Waals surface area contributed by atoms with Crippen LogP contribution in [0.2, 0.25) is 0 Å². The van der Waals surface area contributed by atoms with Crippen molar-refractivity contribution >= 4 is 10.1 Å². The van der Waals surface area contributed by atoms with Crippen molar-refractivity contribution in [3.8, 4) is 5.75 Å². The first kappa shape index (κ1) is 13.0. The molecule has 0 aliphatic carbocycles. The van der Waals surface area contributed by atoms with Gasteiger partial charge in [-0.05, 0) is 25.0 Å². The average molecular weight is 246 g/mol. The number of aromatic hydroxyl groups is 1. The lowest BCUT2D eigenvalue weighted by atomic mass is 10.0. The minimum atomic E-state index is -4.37. The van der Waals surface area contributed by atoms with Gasteiger partial charge in [-0.3, -0.25) is 4.55 Å². The molecule has 0 radical (unpaired) electrons. The smallest absolute Gasteiger partial charge is 0.295 e. The highest BCUT2D eigenvalue weighted by Gasteiger charge is 2.22. The number of hydrogen-bond acceptors (Lipinski definition) is 4. The standard InChI is InChI=1S/C10H14O5S/c1-3-8-9(12)7(5-11)4-6(2)10(8)16(13,14)15/h4,11-12H,3,5H2,1-2H3,(H,13,14,15). The molecular weight excluding hydrogens is 232 g/mol. The number of hydrogen-bond donors (Lipinski definition) is 3. The predicted octanol–water partition coefficient (Wildman–Crippen LogP) is 1.00. The Bertz CT molecular complexity index is 504. The van der Waals surface area contributed by atoms with Crippen molar-refractivity contribution < 1.29 is 23.2 Å². The Morgan fingerprint density at radius 1 is 1.38 bits per heavy atom. The maximum atomic E-state index is 11.2. The molecule has 0 aliphatic rings. The van der Waals surface area contributed by atoms with E-state index in [1.807, 2.05) is 0 Å². The summed E-state index contributed by atoms with van der Waals surface area (Å²) in [5.74, 6) is -0.275. The Balaban J connectivity index is 3.69. The van der Waals surface area contributed by atoms with E-state index >= 15 is 0 Å². The van der Waals surface area contributed by atoms with Gasteiger partial charge in [0.2, 0.25) is 0 Å². The Labute approximate surface area is 94.1 Å². The molecule has 1 rings (SSSR count). The molecule has 6 heteroatoms. The Morgan fingerprint density at radius 3 is 2.31 bits per heavy atom. The number of aliphatic hydroxyl groups is 1. The van der Waals surface area contributed by atoms with Crippen LogP contribution in [-0.4, -0.2) is 23.2 Å². The predicted molar refractivity (Wildman–Crippen MR) is 58.0 cm³/mol. The highest BCUT2D eigenvalue weighted by Crippen LogP contribution is 2.32. The zero-order valence-corrected chi connectivity index (χ0v) is 9.87. The molecule has 5 nitrogen and oxygen atoms in total. The van der Waals surface area contributed by atoms with Gasteiger partial charge < -0.3 is 10.2 Å². The van der Waals surface area contributed by atoms with Gasteiger partial charge in [-0.15, -0.1) is 0 Å². The van der Waals surface area contributed by atoms with Gasteiger partial charge in [0, 0.05) is 11.1 Å². The molecule has 0 heterocycles. The third kappa shape index (κ3) is 2.18. The van der Waals surface area contributed by atoms with Gasteiger partial charge in [-0.25, -0.2) is 0 Å². The van der Waals surface area contributed by atoms with E-state index in [1.54, 1.807) is 6.92 Å². The number of aliphatic hydroxyl groups excluding tert-OH is 1. The number of aryl methyl sites for hydroxylation is 1. The summed E-state index contributed by atoms with van der Waals surface area (Å²) < 4.78 is 31.4. The van der Waals surface area contributed by atoms with E-state index in [2.05, 4.69) is 0 Å². The van der Waals surface area contributed by atoms with Crippen molar-refractivity contribution in [2.75, 3.05) is 0 Å². The summed E-state index contributed by atoms with van der Waals surface area (Å²) in [6.07, 6.45) is 0.246. The highest BCUT2D eigenvalue weighted by atomic mass is 32.2. The summed E-state index contributed by atoms with van der Waals surface area (Å²) >= 11 is 0. The van der Waals surface area contributed by atoms with Crippen LogP contribution < -0.4 is 0 Å². The summed E-state index contributed by atoms with van der Waals surface area (Å²) in [5, 5.41) is 18.7. The van der Waals surface area contributed by atoms with E-state index in [9.17, 15) is 13.5 Å². The fraction of sp³-hybridized carbons (Fsp3) is 0.400. The molecule has 0 aliphatic heterocycles. The molecule has 0 bridgehead atoms. The van der Waals surface area contributed by atoms with Crippen molar-refractivity contribution in [1.82, 2.24) is 0 Å². The monoisotopic (exact) mass is 246 g/mol. The van der Waals surface area contributed by atoms with E-state index in [-0.39, 0.29) is 34.8 Å². The van der Waals surface area contributed by atoms with Crippen molar-refractivity contribution in [3.05, 3.63) is 22.8 Å². The van der Waals surface area contributed by atoms with E-state index in [1.165, 1.54) is 13.0 Å². The SMILES string of the molecule is CCc1c(O)c(CO)cc(C)c1S(=O)(=O)O. The van der Waals surface area contributed by atoms with Gasteiger partial charge in [0.15, 0.2) is 0 Å². The third-order valence-electron chi connectivity index (χ3n) is 2.39. The lowest BCUT2D eigenvalue weighted by Crippen LogP contribution is -2.07. The van der Waals surface area contributed by atoms with Crippen LogP contribution in [0.25, 0.3) is 0 Å². The summed E-state index contributed by atoms with van der Waals surface area (Å²) in [7, 11) is -4.37. The lowest BCUT2D eigenvalue weighted by molar-refractivity contribution is 0.274. The van der Waals surface area contributed by atoms with E-state index < -0.39 is 10.1 Å².